The molecule has 5 nitrogen and oxygen atoms in total. The number of hydrogen-bond donors (Lipinski definition) is 1. The van der Waals surface area contributed by atoms with Gasteiger partial charge < -0.3 is 4.52 Å². The van der Waals surface area contributed by atoms with E-state index in [2.05, 4.69) is 14.4 Å². The molecule has 154 valence electrons. The molecule has 0 radical (unpaired) electrons. The second-order valence-electron chi connectivity index (χ2n) is 6.41. The first kappa shape index (κ1) is 20.9. The first-order valence-corrected chi connectivity index (χ1v) is 10.4. The zero-order valence-corrected chi connectivity index (χ0v) is 16.6. The van der Waals surface area contributed by atoms with Gasteiger partial charge in [0.05, 0.1) is 4.90 Å². The smallest absolute Gasteiger partial charge is 0.351 e. The summed E-state index contributed by atoms with van der Waals surface area (Å²) >= 11 is 0. The Morgan fingerprint density at radius 3 is 2.24 bits per heavy atom. The first-order chi connectivity index (χ1) is 13.6. The fraction of sp³-hybridized carbons (Fsp3) is 0.250. The van der Waals surface area contributed by atoms with Crippen LogP contribution in [0.5, 0.6) is 0 Å². The van der Waals surface area contributed by atoms with Gasteiger partial charge in [0, 0.05) is 17.3 Å². The summed E-state index contributed by atoms with van der Waals surface area (Å²) in [4.78, 5) is -0.0198. The molecule has 0 atom stereocenters. The Balaban J connectivity index is 1.98. The highest BCUT2D eigenvalue weighted by atomic mass is 32.2. The topological polar surface area (TPSA) is 72.2 Å². The van der Waals surface area contributed by atoms with Gasteiger partial charge in [-0.3, -0.25) is 4.72 Å². The normalized spacial score (nSPS) is 12.2. The molecule has 29 heavy (non-hydrogen) atoms. The maximum atomic E-state index is 12.9. The SMILES string of the molecule is CCc1ccc(NS(=O)(=O)c2cc(-c3cc(C(F)(F)F)on3)ccc2CC)cc1. The van der Waals surface area contributed by atoms with E-state index in [4.69, 9.17) is 0 Å². The molecule has 0 aliphatic heterocycles. The number of nitrogens with zero attached hydrogens (tertiary/aromatic N) is 1. The maximum absolute atomic E-state index is 12.9. The molecule has 3 aromatic rings. The largest absolute Gasteiger partial charge is 0.452 e. The van der Waals surface area contributed by atoms with E-state index in [1.165, 1.54) is 12.1 Å². The maximum Gasteiger partial charge on any atom is 0.452 e. The highest BCUT2D eigenvalue weighted by Crippen LogP contribution is 2.33. The lowest BCUT2D eigenvalue weighted by molar-refractivity contribution is -0.155. The van der Waals surface area contributed by atoms with Gasteiger partial charge in [0.2, 0.25) is 5.76 Å². The Kier molecular flexibility index (Phi) is 5.70. The van der Waals surface area contributed by atoms with Crippen molar-refractivity contribution in [3.05, 3.63) is 65.4 Å². The number of nitrogens with one attached hydrogen (secondary N) is 1. The summed E-state index contributed by atoms with van der Waals surface area (Å²) < 4.78 is 71.0. The molecule has 1 aromatic heterocycles. The quantitative estimate of drug-likeness (QED) is 0.584. The predicted octanol–water partition coefficient (Wildman–Crippen LogP) is 5.29. The number of alkyl halides is 3. The molecule has 0 amide bonds. The highest BCUT2D eigenvalue weighted by molar-refractivity contribution is 7.92. The number of rotatable bonds is 6. The molecule has 0 fully saturated rings. The van der Waals surface area contributed by atoms with Crippen molar-refractivity contribution in [3.8, 4) is 11.3 Å². The summed E-state index contributed by atoms with van der Waals surface area (Å²) in [6.45, 7) is 3.79. The summed E-state index contributed by atoms with van der Waals surface area (Å²) in [6.07, 6.45) is -3.42. The molecule has 0 unspecified atom stereocenters. The molecule has 3 rings (SSSR count). The van der Waals surface area contributed by atoms with Crippen molar-refractivity contribution in [1.82, 2.24) is 5.16 Å². The van der Waals surface area contributed by atoms with Gasteiger partial charge in [0.15, 0.2) is 0 Å². The van der Waals surface area contributed by atoms with Crippen LogP contribution >= 0.6 is 0 Å². The van der Waals surface area contributed by atoms with Crippen LogP contribution in [0.4, 0.5) is 18.9 Å². The molecule has 2 aromatic carbocycles. The lowest BCUT2D eigenvalue weighted by Gasteiger charge is -2.13. The lowest BCUT2D eigenvalue weighted by atomic mass is 10.1. The van der Waals surface area contributed by atoms with Crippen LogP contribution in [0.25, 0.3) is 11.3 Å². The number of anilines is 1. The van der Waals surface area contributed by atoms with Gasteiger partial charge in [-0.2, -0.15) is 13.2 Å². The third-order valence-electron chi connectivity index (χ3n) is 4.44. The van der Waals surface area contributed by atoms with E-state index in [1.807, 2.05) is 19.1 Å². The zero-order chi connectivity index (χ0) is 21.2. The molecule has 0 spiro atoms. The van der Waals surface area contributed by atoms with Crippen molar-refractivity contribution >= 4 is 15.7 Å². The molecule has 0 saturated heterocycles. The van der Waals surface area contributed by atoms with Crippen LogP contribution in [-0.2, 0) is 29.0 Å². The van der Waals surface area contributed by atoms with Gasteiger partial charge in [-0.1, -0.05) is 43.3 Å². The number of halogens is 3. The fourth-order valence-corrected chi connectivity index (χ4v) is 4.22. The van der Waals surface area contributed by atoms with Crippen LogP contribution in [0, 0.1) is 0 Å². The third kappa shape index (κ3) is 4.61. The minimum absolute atomic E-state index is 0.0198. The molecular formula is C20H19F3N2O3S. The Labute approximate surface area is 166 Å². The van der Waals surface area contributed by atoms with E-state index in [0.717, 1.165) is 18.1 Å². The minimum Gasteiger partial charge on any atom is -0.351 e. The summed E-state index contributed by atoms with van der Waals surface area (Å²) in [5, 5.41) is 3.42. The Bertz CT molecular complexity index is 1100. The molecule has 1 N–H and O–H groups in total. The van der Waals surface area contributed by atoms with E-state index >= 15 is 0 Å². The van der Waals surface area contributed by atoms with E-state index in [-0.39, 0.29) is 16.2 Å². The predicted molar refractivity (Wildman–Crippen MR) is 103 cm³/mol. The summed E-state index contributed by atoms with van der Waals surface area (Å²) in [5.41, 5.74) is 2.11. The Morgan fingerprint density at radius 1 is 1.00 bits per heavy atom. The van der Waals surface area contributed by atoms with Gasteiger partial charge in [0.25, 0.3) is 10.0 Å². The monoisotopic (exact) mass is 424 g/mol. The molecular weight excluding hydrogens is 405 g/mol. The van der Waals surface area contributed by atoms with E-state index in [9.17, 15) is 21.6 Å². The van der Waals surface area contributed by atoms with E-state index < -0.39 is 22.0 Å². The number of aryl methyl sites for hydroxylation is 2. The van der Waals surface area contributed by atoms with Crippen molar-refractivity contribution in [2.45, 2.75) is 37.8 Å². The number of hydrogen-bond acceptors (Lipinski definition) is 4. The van der Waals surface area contributed by atoms with Crippen LogP contribution in [-0.4, -0.2) is 13.6 Å². The van der Waals surface area contributed by atoms with Crippen molar-refractivity contribution in [2.75, 3.05) is 4.72 Å². The third-order valence-corrected chi connectivity index (χ3v) is 5.90. The van der Waals surface area contributed by atoms with Crippen molar-refractivity contribution in [2.24, 2.45) is 0 Å². The average Bonchev–Trinajstić information content (AvgIpc) is 3.18. The summed E-state index contributed by atoms with van der Waals surface area (Å²) in [5.74, 6) is -1.24. The second kappa shape index (κ2) is 7.90. The van der Waals surface area contributed by atoms with Crippen molar-refractivity contribution in [3.63, 3.8) is 0 Å². The lowest BCUT2D eigenvalue weighted by Crippen LogP contribution is -2.15. The van der Waals surface area contributed by atoms with E-state index in [0.29, 0.717) is 17.7 Å². The van der Waals surface area contributed by atoms with Crippen molar-refractivity contribution in [1.29, 1.82) is 0 Å². The van der Waals surface area contributed by atoms with Gasteiger partial charge in [-0.15, -0.1) is 0 Å². The summed E-state index contributed by atoms with van der Waals surface area (Å²) in [6, 6.07) is 12.1. The molecule has 0 aliphatic carbocycles. The van der Waals surface area contributed by atoms with Crippen molar-refractivity contribution < 1.29 is 26.1 Å². The minimum atomic E-state index is -4.67. The van der Waals surface area contributed by atoms with Gasteiger partial charge >= 0.3 is 6.18 Å². The van der Waals surface area contributed by atoms with E-state index in [1.54, 1.807) is 25.1 Å². The Hall–Kier alpha value is -2.81. The molecule has 0 bridgehead atoms. The molecule has 9 heteroatoms. The number of benzene rings is 2. The second-order valence-corrected chi connectivity index (χ2v) is 8.06. The average molecular weight is 424 g/mol. The van der Waals surface area contributed by atoms with Crippen LogP contribution in [0.1, 0.15) is 30.7 Å². The van der Waals surface area contributed by atoms with Crippen LogP contribution in [0.2, 0.25) is 0 Å². The standard InChI is InChI=1S/C20H19F3N2O3S/c1-3-13-5-9-16(10-6-13)25-29(26,27)18-11-15(8-7-14(18)4-2)17-12-19(28-24-17)20(21,22)23/h5-12,25H,3-4H2,1-2H3. The first-order valence-electron chi connectivity index (χ1n) is 8.93. The van der Waals surface area contributed by atoms with Gasteiger partial charge in [-0.25, -0.2) is 8.42 Å². The molecule has 0 aliphatic rings. The fourth-order valence-electron chi connectivity index (χ4n) is 2.82. The van der Waals surface area contributed by atoms with Gasteiger partial charge in [-0.05, 0) is 42.2 Å². The summed E-state index contributed by atoms with van der Waals surface area (Å²) in [7, 11) is -3.96. The molecule has 0 saturated carbocycles. The number of sulfonamides is 1. The van der Waals surface area contributed by atoms with Crippen LogP contribution < -0.4 is 4.72 Å². The highest BCUT2D eigenvalue weighted by Gasteiger charge is 2.36. The molecule has 1 heterocycles. The van der Waals surface area contributed by atoms with Gasteiger partial charge in [0.1, 0.15) is 5.69 Å². The Morgan fingerprint density at radius 2 is 1.69 bits per heavy atom. The van der Waals surface area contributed by atoms with Crippen LogP contribution in [0.15, 0.2) is 57.9 Å². The zero-order valence-electron chi connectivity index (χ0n) is 15.7. The number of aromatic nitrogens is 1. The van der Waals surface area contributed by atoms with Crippen LogP contribution in [0.3, 0.4) is 0 Å².